The summed E-state index contributed by atoms with van der Waals surface area (Å²) < 4.78 is 0. The van der Waals surface area contributed by atoms with Crippen LogP contribution in [0.15, 0.2) is 155 Å². The summed E-state index contributed by atoms with van der Waals surface area (Å²) in [6, 6.07) is 0.930. The van der Waals surface area contributed by atoms with Crippen molar-refractivity contribution in [2.24, 2.45) is 17.8 Å². The lowest BCUT2D eigenvalue weighted by Gasteiger charge is -2.45. The van der Waals surface area contributed by atoms with Crippen molar-refractivity contribution in [3.05, 3.63) is 155 Å². The molecule has 0 heterocycles. The van der Waals surface area contributed by atoms with Gasteiger partial charge in [0.15, 0.2) is 0 Å². The highest BCUT2D eigenvalue weighted by Crippen LogP contribution is 2.43. The first-order valence-corrected chi connectivity index (χ1v) is 18.3. The summed E-state index contributed by atoms with van der Waals surface area (Å²) >= 11 is 0. The van der Waals surface area contributed by atoms with Crippen LogP contribution < -0.4 is 0 Å². The second kappa shape index (κ2) is 13.5. The Hall–Kier alpha value is -3.78. The normalized spacial score (nSPS) is 31.4. The zero-order chi connectivity index (χ0) is 30.7. The highest BCUT2D eigenvalue weighted by Gasteiger charge is 2.34. The molecule has 0 saturated heterocycles. The molecule has 8 rings (SSSR count). The van der Waals surface area contributed by atoms with Crippen LogP contribution >= 0.6 is 0 Å². The summed E-state index contributed by atoms with van der Waals surface area (Å²) in [4.78, 5) is 5.46. The van der Waals surface area contributed by atoms with E-state index in [1.54, 1.807) is 22.4 Å². The van der Waals surface area contributed by atoms with Gasteiger partial charge in [-0.2, -0.15) is 0 Å². The summed E-state index contributed by atoms with van der Waals surface area (Å²) in [5.41, 5.74) is 10.6. The maximum atomic E-state index is 2.83. The van der Waals surface area contributed by atoms with Gasteiger partial charge in [-0.05, 0) is 124 Å². The molecule has 8 aliphatic carbocycles. The SMILES string of the molecule is C1=CCCC(N(C2=CCC(C3C=CC(N(C4=C5C=CC=CC5CCC4)C4C=CC=CC4)CC3)C=C2)C2=CCCC3=C2CCC=C3)=C1. The Kier molecular flexibility index (Phi) is 8.70. The van der Waals surface area contributed by atoms with Crippen LogP contribution in [-0.2, 0) is 0 Å². The molecule has 0 aromatic carbocycles. The van der Waals surface area contributed by atoms with Crippen molar-refractivity contribution in [1.82, 2.24) is 9.80 Å². The van der Waals surface area contributed by atoms with Crippen molar-refractivity contribution in [2.45, 2.75) is 95.6 Å². The van der Waals surface area contributed by atoms with Gasteiger partial charge in [-0.15, -0.1) is 0 Å². The smallest absolute Gasteiger partial charge is 0.0513 e. The van der Waals surface area contributed by atoms with Gasteiger partial charge in [-0.1, -0.05) is 103 Å². The molecule has 236 valence electrons. The molecule has 0 aliphatic heterocycles. The van der Waals surface area contributed by atoms with Gasteiger partial charge in [0.2, 0.25) is 0 Å². The van der Waals surface area contributed by atoms with Crippen LogP contribution in [0.4, 0.5) is 0 Å². The molecule has 0 fully saturated rings. The molecule has 0 aromatic rings. The van der Waals surface area contributed by atoms with Gasteiger partial charge in [-0.3, -0.25) is 0 Å². The van der Waals surface area contributed by atoms with Gasteiger partial charge < -0.3 is 9.80 Å². The van der Waals surface area contributed by atoms with Crippen LogP contribution in [0.25, 0.3) is 0 Å². The van der Waals surface area contributed by atoms with E-state index in [9.17, 15) is 0 Å². The first kappa shape index (κ1) is 29.6. The summed E-state index contributed by atoms with van der Waals surface area (Å²) in [7, 11) is 0. The van der Waals surface area contributed by atoms with Crippen LogP contribution in [0.1, 0.15) is 83.5 Å². The summed E-state index contributed by atoms with van der Waals surface area (Å²) in [6.45, 7) is 0. The second-order valence-corrected chi connectivity index (χ2v) is 14.3. The van der Waals surface area contributed by atoms with E-state index in [-0.39, 0.29) is 0 Å². The maximum Gasteiger partial charge on any atom is 0.0513 e. The molecule has 0 N–H and O–H groups in total. The molecule has 5 unspecified atom stereocenters. The lowest BCUT2D eigenvalue weighted by molar-refractivity contribution is 0.200. The first-order chi connectivity index (χ1) is 22.8. The third-order valence-electron chi connectivity index (χ3n) is 11.5. The molecule has 2 nitrogen and oxygen atoms in total. The van der Waals surface area contributed by atoms with Crippen LogP contribution in [0.2, 0.25) is 0 Å². The zero-order valence-corrected chi connectivity index (χ0v) is 27.4. The average molecular weight is 607 g/mol. The number of fused-ring (bicyclic) bond motifs is 1. The molecule has 0 radical (unpaired) electrons. The predicted molar refractivity (Wildman–Crippen MR) is 193 cm³/mol. The molecule has 0 saturated carbocycles. The molecule has 0 bridgehead atoms. The number of nitrogens with zero attached hydrogens (tertiary/aromatic N) is 2. The van der Waals surface area contributed by atoms with Gasteiger partial charge in [0.1, 0.15) is 0 Å². The molecular weight excluding hydrogens is 556 g/mol. The van der Waals surface area contributed by atoms with E-state index in [1.165, 1.54) is 62.0 Å². The minimum atomic E-state index is 0.455. The van der Waals surface area contributed by atoms with Gasteiger partial charge in [0, 0.05) is 34.7 Å². The van der Waals surface area contributed by atoms with E-state index in [1.807, 2.05) is 0 Å². The Morgan fingerprint density at radius 2 is 1.57 bits per heavy atom. The first-order valence-electron chi connectivity index (χ1n) is 18.3. The standard InChI is InChI=1S/C44H50N2/c1-3-17-37(18-4-1)45(43-23-11-15-35-13-7-9-21-41(35)43)39-29-25-33(26-30-39)34-27-31-40(32-28-34)46(38-19-5-2-6-20-38)44-24-12-16-36-14-8-10-22-42(36)44/h1-5,7-9,13-14,17,19,21,24-25,27,29,31-35,37,39H,6,10-12,15-16,18,20,22-23,26,28,30H2. The maximum absolute atomic E-state index is 2.83. The van der Waals surface area contributed by atoms with E-state index in [4.69, 9.17) is 0 Å². The Balaban J connectivity index is 1.01. The molecule has 5 atom stereocenters. The molecule has 0 aromatic heterocycles. The van der Waals surface area contributed by atoms with Crippen molar-refractivity contribution < 1.29 is 0 Å². The van der Waals surface area contributed by atoms with E-state index in [0.717, 1.165) is 38.5 Å². The van der Waals surface area contributed by atoms with Crippen molar-refractivity contribution in [1.29, 1.82) is 0 Å². The van der Waals surface area contributed by atoms with Crippen molar-refractivity contribution in [3.8, 4) is 0 Å². The molecule has 2 heteroatoms. The largest absolute Gasteiger partial charge is 0.361 e. The summed E-state index contributed by atoms with van der Waals surface area (Å²) in [6.07, 6.45) is 61.1. The Morgan fingerprint density at radius 3 is 2.39 bits per heavy atom. The minimum absolute atomic E-state index is 0.455. The van der Waals surface area contributed by atoms with Gasteiger partial charge in [0.25, 0.3) is 0 Å². The molecule has 0 amide bonds. The molecule has 46 heavy (non-hydrogen) atoms. The average Bonchev–Trinajstić information content (AvgIpc) is 3.14. The number of hydrogen-bond acceptors (Lipinski definition) is 2. The van der Waals surface area contributed by atoms with Crippen molar-refractivity contribution in [3.63, 3.8) is 0 Å². The highest BCUT2D eigenvalue weighted by atomic mass is 15.2. The summed E-state index contributed by atoms with van der Waals surface area (Å²) in [5.74, 6) is 1.78. The fourth-order valence-corrected chi connectivity index (χ4v) is 9.19. The zero-order valence-electron chi connectivity index (χ0n) is 27.4. The number of hydrogen-bond donors (Lipinski definition) is 0. The van der Waals surface area contributed by atoms with E-state index >= 15 is 0 Å². The number of allylic oxidation sites excluding steroid dienone is 21. The van der Waals surface area contributed by atoms with Gasteiger partial charge in [0.05, 0.1) is 6.04 Å². The minimum Gasteiger partial charge on any atom is -0.361 e. The van der Waals surface area contributed by atoms with Crippen molar-refractivity contribution >= 4 is 0 Å². The monoisotopic (exact) mass is 606 g/mol. The molecule has 8 aliphatic rings. The van der Waals surface area contributed by atoms with Crippen molar-refractivity contribution in [2.75, 3.05) is 0 Å². The van der Waals surface area contributed by atoms with Gasteiger partial charge in [-0.25, -0.2) is 0 Å². The van der Waals surface area contributed by atoms with E-state index < -0.39 is 0 Å². The van der Waals surface area contributed by atoms with E-state index in [0.29, 0.717) is 29.8 Å². The Labute approximate surface area is 277 Å². The second-order valence-electron chi connectivity index (χ2n) is 14.3. The number of rotatable bonds is 7. The fourth-order valence-electron chi connectivity index (χ4n) is 9.19. The lowest BCUT2D eigenvalue weighted by Crippen LogP contribution is -2.44. The Morgan fingerprint density at radius 1 is 0.609 bits per heavy atom. The van der Waals surface area contributed by atoms with E-state index in [2.05, 4.69) is 125 Å². The fraction of sp³-hybridized carbons (Fsp3) is 0.409. The van der Waals surface area contributed by atoms with Crippen LogP contribution in [-0.4, -0.2) is 21.9 Å². The molecular formula is C44H50N2. The lowest BCUT2D eigenvalue weighted by atomic mass is 9.78. The third-order valence-corrected chi connectivity index (χ3v) is 11.5. The van der Waals surface area contributed by atoms with Gasteiger partial charge >= 0.3 is 0 Å². The molecule has 0 spiro atoms. The highest BCUT2D eigenvalue weighted by molar-refractivity contribution is 5.49. The van der Waals surface area contributed by atoms with Crippen LogP contribution in [0.3, 0.4) is 0 Å². The quantitative estimate of drug-likeness (QED) is 0.266. The van der Waals surface area contributed by atoms with Crippen LogP contribution in [0, 0.1) is 17.8 Å². The third kappa shape index (κ3) is 5.92. The topological polar surface area (TPSA) is 6.48 Å². The Bertz CT molecular complexity index is 1600. The summed E-state index contributed by atoms with van der Waals surface area (Å²) in [5, 5.41) is 0. The predicted octanol–water partition coefficient (Wildman–Crippen LogP) is 11.0. The van der Waals surface area contributed by atoms with Crippen LogP contribution in [0.5, 0.6) is 0 Å².